The Morgan fingerprint density at radius 3 is 2.26 bits per heavy atom. The van der Waals surface area contributed by atoms with Crippen LogP contribution in [0.5, 0.6) is 0 Å². The van der Waals surface area contributed by atoms with E-state index < -0.39 is 43.6 Å². The second kappa shape index (κ2) is 4.46. The third kappa shape index (κ3) is 2.41. The van der Waals surface area contributed by atoms with E-state index in [1.807, 2.05) is 0 Å². The van der Waals surface area contributed by atoms with Gasteiger partial charge in [-0.3, -0.25) is 4.79 Å². The van der Waals surface area contributed by atoms with E-state index in [1.54, 1.807) is 0 Å². The first-order valence-corrected chi connectivity index (χ1v) is 8.66. The van der Waals surface area contributed by atoms with Crippen molar-refractivity contribution in [2.24, 2.45) is 5.41 Å². The molecule has 3 saturated carbocycles. The standard InChI is InChI=1S/C14H13F4NO3S/c1-23(21,22)10-4-8(15)2-3-9(10)11(20)19-13-5-12(6-13,7-13)14(16,17)18/h2-4H,5-7H2,1H3,(H,19,20). The number of hydrogen-bond donors (Lipinski definition) is 1. The Morgan fingerprint density at radius 1 is 1.22 bits per heavy atom. The maximum atomic E-state index is 13.2. The van der Waals surface area contributed by atoms with E-state index in [4.69, 9.17) is 0 Å². The summed E-state index contributed by atoms with van der Waals surface area (Å²) in [6, 6.07) is 2.68. The molecule has 3 aliphatic rings. The summed E-state index contributed by atoms with van der Waals surface area (Å²) in [6.45, 7) is 0. The Hall–Kier alpha value is -1.64. The number of nitrogens with one attached hydrogen (secondary N) is 1. The van der Waals surface area contributed by atoms with Crippen LogP contribution in [0.2, 0.25) is 0 Å². The van der Waals surface area contributed by atoms with E-state index in [1.165, 1.54) is 0 Å². The van der Waals surface area contributed by atoms with Crippen molar-refractivity contribution in [1.82, 2.24) is 5.32 Å². The number of carbonyl (C=O) groups excluding carboxylic acids is 1. The van der Waals surface area contributed by atoms with Gasteiger partial charge in [-0.25, -0.2) is 12.8 Å². The van der Waals surface area contributed by atoms with E-state index in [2.05, 4.69) is 5.32 Å². The van der Waals surface area contributed by atoms with Crippen LogP contribution >= 0.6 is 0 Å². The second-order valence-corrected chi connectivity index (χ2v) is 8.44. The van der Waals surface area contributed by atoms with E-state index in [9.17, 15) is 30.8 Å². The zero-order valence-corrected chi connectivity index (χ0v) is 12.8. The fraction of sp³-hybridized carbons (Fsp3) is 0.500. The first-order chi connectivity index (χ1) is 10.4. The molecule has 1 aromatic carbocycles. The summed E-state index contributed by atoms with van der Waals surface area (Å²) < 4.78 is 74.9. The van der Waals surface area contributed by atoms with E-state index in [0.717, 1.165) is 24.5 Å². The van der Waals surface area contributed by atoms with Gasteiger partial charge in [0.25, 0.3) is 5.91 Å². The summed E-state index contributed by atoms with van der Waals surface area (Å²) in [7, 11) is -3.85. The van der Waals surface area contributed by atoms with Crippen molar-refractivity contribution >= 4 is 15.7 Å². The highest BCUT2D eigenvalue weighted by Gasteiger charge is 2.79. The molecule has 0 heterocycles. The molecule has 3 fully saturated rings. The van der Waals surface area contributed by atoms with Crippen molar-refractivity contribution in [1.29, 1.82) is 0 Å². The predicted molar refractivity (Wildman–Crippen MR) is 72.0 cm³/mol. The molecule has 0 atom stereocenters. The van der Waals surface area contributed by atoms with Gasteiger partial charge in [-0.1, -0.05) is 0 Å². The molecule has 1 N–H and O–H groups in total. The van der Waals surface area contributed by atoms with Crippen molar-refractivity contribution in [2.45, 2.75) is 35.9 Å². The Morgan fingerprint density at radius 2 is 1.78 bits per heavy atom. The molecule has 0 aromatic heterocycles. The molecular weight excluding hydrogens is 338 g/mol. The number of amides is 1. The first-order valence-electron chi connectivity index (χ1n) is 6.77. The molecular formula is C14H13F4NO3S. The third-order valence-corrected chi connectivity index (χ3v) is 5.73. The van der Waals surface area contributed by atoms with Gasteiger partial charge in [0.15, 0.2) is 9.84 Å². The molecule has 3 aliphatic carbocycles. The van der Waals surface area contributed by atoms with Crippen LogP contribution in [0, 0.1) is 11.2 Å². The van der Waals surface area contributed by atoms with Gasteiger partial charge in [0, 0.05) is 11.8 Å². The number of hydrogen-bond acceptors (Lipinski definition) is 3. The van der Waals surface area contributed by atoms with Gasteiger partial charge < -0.3 is 5.32 Å². The lowest BCUT2D eigenvalue weighted by Gasteiger charge is -2.70. The Labute approximate surface area is 129 Å². The zero-order valence-electron chi connectivity index (χ0n) is 12.0. The molecule has 4 rings (SSSR count). The lowest BCUT2D eigenvalue weighted by Crippen LogP contribution is -2.78. The molecule has 0 spiro atoms. The minimum absolute atomic E-state index is 0.204. The van der Waals surface area contributed by atoms with Crippen molar-refractivity contribution in [3.8, 4) is 0 Å². The zero-order chi connectivity index (χ0) is 17.3. The fourth-order valence-corrected chi connectivity index (χ4v) is 4.41. The lowest BCUT2D eigenvalue weighted by atomic mass is 9.39. The Bertz CT molecular complexity index is 781. The van der Waals surface area contributed by atoms with Gasteiger partial charge in [0.2, 0.25) is 0 Å². The maximum absolute atomic E-state index is 13.2. The first kappa shape index (κ1) is 16.2. The SMILES string of the molecule is CS(=O)(=O)c1cc(F)ccc1C(=O)NC12CC(C(F)(F)F)(C1)C2. The number of sulfone groups is 1. The fourth-order valence-electron chi connectivity index (χ4n) is 3.52. The summed E-state index contributed by atoms with van der Waals surface area (Å²) in [5.74, 6) is -1.62. The van der Waals surface area contributed by atoms with Crippen LogP contribution in [0.3, 0.4) is 0 Å². The smallest absolute Gasteiger partial charge is 0.346 e. The highest BCUT2D eigenvalue weighted by molar-refractivity contribution is 7.90. The molecule has 0 saturated heterocycles. The van der Waals surface area contributed by atoms with Crippen LogP contribution < -0.4 is 5.32 Å². The molecule has 9 heteroatoms. The maximum Gasteiger partial charge on any atom is 0.394 e. The molecule has 0 radical (unpaired) electrons. The van der Waals surface area contributed by atoms with Gasteiger partial charge >= 0.3 is 6.18 Å². The van der Waals surface area contributed by atoms with E-state index in [-0.39, 0.29) is 24.8 Å². The molecule has 4 nitrogen and oxygen atoms in total. The Balaban J connectivity index is 1.80. The summed E-state index contributed by atoms with van der Waals surface area (Å²) in [6.07, 6.45) is -4.08. The third-order valence-electron chi connectivity index (χ3n) is 4.60. The van der Waals surface area contributed by atoms with Crippen molar-refractivity contribution in [3.05, 3.63) is 29.6 Å². The number of alkyl halides is 3. The number of benzene rings is 1. The average Bonchev–Trinajstić information content (AvgIpc) is 2.28. The molecule has 23 heavy (non-hydrogen) atoms. The van der Waals surface area contributed by atoms with Crippen LogP contribution in [-0.4, -0.2) is 32.3 Å². The average molecular weight is 351 g/mol. The number of halogens is 4. The van der Waals surface area contributed by atoms with Crippen LogP contribution in [-0.2, 0) is 9.84 Å². The molecule has 1 amide bonds. The summed E-state index contributed by atoms with van der Waals surface area (Å²) in [5.41, 5.74) is -2.92. The van der Waals surface area contributed by atoms with Crippen molar-refractivity contribution < 1.29 is 30.8 Å². The molecule has 2 bridgehead atoms. The van der Waals surface area contributed by atoms with Gasteiger partial charge in [0.1, 0.15) is 5.82 Å². The normalized spacial score (nSPS) is 29.4. The molecule has 1 aromatic rings. The molecule has 0 unspecified atom stereocenters. The minimum Gasteiger partial charge on any atom is -0.346 e. The van der Waals surface area contributed by atoms with Crippen molar-refractivity contribution in [2.75, 3.05) is 6.26 Å². The lowest BCUT2D eigenvalue weighted by molar-refractivity contribution is -0.336. The minimum atomic E-state index is -4.30. The highest BCUT2D eigenvalue weighted by atomic mass is 32.2. The largest absolute Gasteiger partial charge is 0.394 e. The number of carbonyl (C=O) groups is 1. The van der Waals surface area contributed by atoms with E-state index >= 15 is 0 Å². The van der Waals surface area contributed by atoms with E-state index in [0.29, 0.717) is 0 Å². The van der Waals surface area contributed by atoms with Gasteiger partial charge in [0.05, 0.1) is 15.9 Å². The summed E-state index contributed by atoms with van der Waals surface area (Å²) in [4.78, 5) is 11.8. The summed E-state index contributed by atoms with van der Waals surface area (Å²) >= 11 is 0. The van der Waals surface area contributed by atoms with Gasteiger partial charge in [-0.15, -0.1) is 0 Å². The Kier molecular flexibility index (Phi) is 3.15. The van der Waals surface area contributed by atoms with Crippen LogP contribution in [0.25, 0.3) is 0 Å². The predicted octanol–water partition coefficient (Wildman–Crippen LogP) is 2.44. The van der Waals surface area contributed by atoms with Crippen LogP contribution in [0.1, 0.15) is 29.6 Å². The van der Waals surface area contributed by atoms with Gasteiger partial charge in [-0.05, 0) is 37.5 Å². The van der Waals surface area contributed by atoms with Gasteiger partial charge in [-0.2, -0.15) is 13.2 Å². The van der Waals surface area contributed by atoms with Crippen LogP contribution in [0.15, 0.2) is 23.1 Å². The molecule has 0 aliphatic heterocycles. The quantitative estimate of drug-likeness (QED) is 0.851. The number of rotatable bonds is 3. The van der Waals surface area contributed by atoms with Crippen molar-refractivity contribution in [3.63, 3.8) is 0 Å². The summed E-state index contributed by atoms with van der Waals surface area (Å²) in [5, 5.41) is 2.48. The van der Waals surface area contributed by atoms with Crippen LogP contribution in [0.4, 0.5) is 17.6 Å². The second-order valence-electron chi connectivity index (χ2n) is 6.46. The monoisotopic (exact) mass is 351 g/mol. The highest BCUT2D eigenvalue weighted by Crippen LogP contribution is 2.73. The molecule has 126 valence electrons. The topological polar surface area (TPSA) is 63.2 Å².